The second-order valence-electron chi connectivity index (χ2n) is 6.10. The second-order valence-corrected chi connectivity index (χ2v) is 7.99. The first-order chi connectivity index (χ1) is 13.7. The minimum atomic E-state index is 0.506. The van der Waals surface area contributed by atoms with Gasteiger partial charge in [-0.05, 0) is 23.8 Å². The van der Waals surface area contributed by atoms with Crippen LogP contribution in [0.5, 0.6) is 0 Å². The zero-order valence-corrected chi connectivity index (χ0v) is 17.4. The van der Waals surface area contributed by atoms with Crippen molar-refractivity contribution in [1.29, 1.82) is 0 Å². The van der Waals surface area contributed by atoms with E-state index < -0.39 is 0 Å². The summed E-state index contributed by atoms with van der Waals surface area (Å²) in [6, 6.07) is 15.8. The minimum absolute atomic E-state index is 0.506. The molecular weight excluding hydrogens is 413 g/mol. The number of aromatic nitrogens is 3. The average Bonchev–Trinajstić information content (AvgIpc) is 3.11. The van der Waals surface area contributed by atoms with E-state index in [1.807, 2.05) is 34.9 Å². The molecular formula is C21H17Cl2N3OS. The topological polar surface area (TPSA) is 39.9 Å². The highest BCUT2D eigenvalue weighted by Crippen LogP contribution is 2.37. The van der Waals surface area contributed by atoms with Gasteiger partial charge in [0.2, 0.25) is 0 Å². The van der Waals surface area contributed by atoms with Crippen molar-refractivity contribution >= 4 is 46.0 Å². The largest absolute Gasteiger partial charge is 0.384 e. The van der Waals surface area contributed by atoms with E-state index >= 15 is 0 Å². The van der Waals surface area contributed by atoms with Gasteiger partial charge in [0.05, 0.1) is 22.0 Å². The monoisotopic (exact) mass is 429 g/mol. The highest BCUT2D eigenvalue weighted by molar-refractivity contribution is 7.99. The number of hydrogen-bond donors (Lipinski definition) is 0. The van der Waals surface area contributed by atoms with Crippen molar-refractivity contribution in [3.63, 3.8) is 0 Å². The molecule has 0 bridgehead atoms. The highest BCUT2D eigenvalue weighted by Gasteiger charge is 2.18. The van der Waals surface area contributed by atoms with Crippen molar-refractivity contribution in [3.05, 3.63) is 71.1 Å². The van der Waals surface area contributed by atoms with E-state index in [9.17, 15) is 0 Å². The van der Waals surface area contributed by atoms with Gasteiger partial charge in [0, 0.05) is 30.3 Å². The van der Waals surface area contributed by atoms with Crippen molar-refractivity contribution in [2.45, 2.75) is 5.03 Å². The molecule has 0 aliphatic rings. The van der Waals surface area contributed by atoms with Gasteiger partial charge in [-0.2, -0.15) is 0 Å². The molecule has 0 fully saturated rings. The fraction of sp³-hybridized carbons (Fsp3) is 0.143. The van der Waals surface area contributed by atoms with E-state index in [2.05, 4.69) is 28.3 Å². The third-order valence-corrected chi connectivity index (χ3v) is 6.03. The lowest BCUT2D eigenvalue weighted by Gasteiger charge is -2.07. The lowest BCUT2D eigenvalue weighted by molar-refractivity contribution is 0.218. The maximum Gasteiger partial charge on any atom is 0.149 e. The molecule has 4 nitrogen and oxygen atoms in total. The molecule has 2 aromatic carbocycles. The van der Waals surface area contributed by atoms with Crippen molar-refractivity contribution < 1.29 is 4.74 Å². The van der Waals surface area contributed by atoms with Crippen LogP contribution in [0.2, 0.25) is 10.0 Å². The summed E-state index contributed by atoms with van der Waals surface area (Å²) in [5.74, 6) is 0.814. The number of methoxy groups -OCH3 is 1. The SMILES string of the molecule is COCCSc1ncnc2c1c(-c1ccccc1)cn2-c1ccc(Cl)c(Cl)c1. The smallest absolute Gasteiger partial charge is 0.149 e. The molecule has 2 heterocycles. The molecule has 4 aromatic rings. The Balaban J connectivity index is 1.94. The molecule has 28 heavy (non-hydrogen) atoms. The van der Waals surface area contributed by atoms with Crippen LogP contribution in [0.15, 0.2) is 66.1 Å². The Hall–Kier alpha value is -2.05. The van der Waals surface area contributed by atoms with Gasteiger partial charge in [-0.3, -0.25) is 0 Å². The highest BCUT2D eigenvalue weighted by atomic mass is 35.5. The fourth-order valence-corrected chi connectivity index (χ4v) is 4.24. The molecule has 0 unspecified atom stereocenters. The summed E-state index contributed by atoms with van der Waals surface area (Å²) < 4.78 is 7.22. The minimum Gasteiger partial charge on any atom is -0.384 e. The quantitative estimate of drug-likeness (QED) is 0.210. The van der Waals surface area contributed by atoms with E-state index in [1.54, 1.807) is 31.3 Å². The van der Waals surface area contributed by atoms with Crippen molar-refractivity contribution in [2.75, 3.05) is 19.5 Å². The summed E-state index contributed by atoms with van der Waals surface area (Å²) in [5.41, 5.74) is 3.90. The van der Waals surface area contributed by atoms with Crippen LogP contribution in [0.25, 0.3) is 27.8 Å². The van der Waals surface area contributed by atoms with Crippen LogP contribution in [0.4, 0.5) is 0 Å². The summed E-state index contributed by atoms with van der Waals surface area (Å²) in [6.07, 6.45) is 3.68. The lowest BCUT2D eigenvalue weighted by Crippen LogP contribution is -1.96. The van der Waals surface area contributed by atoms with Gasteiger partial charge in [-0.1, -0.05) is 53.5 Å². The van der Waals surface area contributed by atoms with Crippen LogP contribution in [-0.2, 0) is 4.74 Å². The van der Waals surface area contributed by atoms with Gasteiger partial charge >= 0.3 is 0 Å². The van der Waals surface area contributed by atoms with Crippen molar-refractivity contribution in [2.24, 2.45) is 0 Å². The fourth-order valence-electron chi connectivity index (χ4n) is 3.03. The van der Waals surface area contributed by atoms with Gasteiger partial charge < -0.3 is 9.30 Å². The average molecular weight is 430 g/mol. The number of hydrogen-bond acceptors (Lipinski definition) is 4. The van der Waals surface area contributed by atoms with Gasteiger partial charge in [-0.15, -0.1) is 11.8 Å². The van der Waals surface area contributed by atoms with E-state index in [-0.39, 0.29) is 0 Å². The second kappa shape index (κ2) is 8.53. The van der Waals surface area contributed by atoms with E-state index in [0.717, 1.165) is 38.6 Å². The zero-order chi connectivity index (χ0) is 19.5. The summed E-state index contributed by atoms with van der Waals surface area (Å²) in [7, 11) is 1.70. The van der Waals surface area contributed by atoms with Crippen LogP contribution in [0.3, 0.4) is 0 Å². The first kappa shape index (κ1) is 19.3. The number of rotatable bonds is 6. The first-order valence-electron chi connectivity index (χ1n) is 8.67. The van der Waals surface area contributed by atoms with Crippen LogP contribution in [-0.4, -0.2) is 34.0 Å². The molecule has 7 heteroatoms. The summed E-state index contributed by atoms with van der Waals surface area (Å²) in [4.78, 5) is 9.12. The Morgan fingerprint density at radius 2 is 1.86 bits per heavy atom. The Labute approximate surface area is 177 Å². The normalized spacial score (nSPS) is 11.2. The molecule has 4 rings (SSSR count). The van der Waals surface area contributed by atoms with Crippen LogP contribution in [0, 0.1) is 0 Å². The number of thioether (sulfide) groups is 1. The third kappa shape index (κ3) is 3.76. The van der Waals surface area contributed by atoms with E-state index in [1.165, 1.54) is 0 Å². The molecule has 0 atom stereocenters. The molecule has 0 saturated carbocycles. The van der Waals surface area contributed by atoms with Gasteiger partial charge in [0.15, 0.2) is 0 Å². The predicted octanol–water partition coefficient (Wildman–Crippen LogP) is 6.13. The van der Waals surface area contributed by atoms with Crippen molar-refractivity contribution in [1.82, 2.24) is 14.5 Å². The predicted molar refractivity (Wildman–Crippen MR) is 117 cm³/mol. The maximum atomic E-state index is 6.26. The van der Waals surface area contributed by atoms with Crippen molar-refractivity contribution in [3.8, 4) is 16.8 Å². The third-order valence-electron chi connectivity index (χ3n) is 4.34. The van der Waals surface area contributed by atoms with E-state index in [4.69, 9.17) is 27.9 Å². The van der Waals surface area contributed by atoms with Crippen LogP contribution in [0.1, 0.15) is 0 Å². The molecule has 0 N–H and O–H groups in total. The number of halogens is 2. The summed E-state index contributed by atoms with van der Waals surface area (Å²) in [6.45, 7) is 0.657. The van der Waals surface area contributed by atoms with Gasteiger partial charge in [0.1, 0.15) is 17.0 Å². The molecule has 0 radical (unpaired) electrons. The molecule has 0 aliphatic carbocycles. The summed E-state index contributed by atoms with van der Waals surface area (Å²) >= 11 is 14.0. The first-order valence-corrected chi connectivity index (χ1v) is 10.4. The standard InChI is InChI=1S/C21H17Cl2N3OS/c1-27-9-10-28-21-19-16(14-5-3-2-4-6-14)12-26(20(19)24-13-25-21)15-7-8-17(22)18(23)11-15/h2-8,11-13H,9-10H2,1H3. The Morgan fingerprint density at radius 1 is 1.04 bits per heavy atom. The molecule has 0 amide bonds. The number of benzene rings is 2. The van der Waals surface area contributed by atoms with Crippen LogP contribution < -0.4 is 0 Å². The molecule has 2 aromatic heterocycles. The Bertz CT molecular complexity index is 1120. The summed E-state index contributed by atoms with van der Waals surface area (Å²) in [5, 5.41) is 2.97. The molecule has 0 saturated heterocycles. The van der Waals surface area contributed by atoms with Gasteiger partial charge in [0.25, 0.3) is 0 Å². The Morgan fingerprint density at radius 3 is 2.61 bits per heavy atom. The lowest BCUT2D eigenvalue weighted by atomic mass is 10.1. The number of nitrogens with zero attached hydrogens (tertiary/aromatic N) is 3. The zero-order valence-electron chi connectivity index (χ0n) is 15.1. The molecule has 142 valence electrons. The van der Waals surface area contributed by atoms with Crippen LogP contribution >= 0.6 is 35.0 Å². The number of ether oxygens (including phenoxy) is 1. The van der Waals surface area contributed by atoms with E-state index in [0.29, 0.717) is 16.7 Å². The maximum absolute atomic E-state index is 6.26. The number of fused-ring (bicyclic) bond motifs is 1. The Kier molecular flexibility index (Phi) is 5.87. The molecule has 0 spiro atoms. The molecule has 0 aliphatic heterocycles. The van der Waals surface area contributed by atoms with Gasteiger partial charge in [-0.25, -0.2) is 9.97 Å².